The van der Waals surface area contributed by atoms with Crippen LogP contribution in [0.25, 0.3) is 83.6 Å². The van der Waals surface area contributed by atoms with E-state index in [9.17, 15) is 0 Å². The summed E-state index contributed by atoms with van der Waals surface area (Å²) in [4.78, 5) is 15.2. The summed E-state index contributed by atoms with van der Waals surface area (Å²) in [7, 11) is 0. The average Bonchev–Trinajstić information content (AvgIpc) is 3.62. The molecule has 0 amide bonds. The van der Waals surface area contributed by atoms with Gasteiger partial charge in [0.05, 0.1) is 11.0 Å². The van der Waals surface area contributed by atoms with Crippen molar-refractivity contribution in [3.8, 4) is 39.7 Å². The Hall–Kier alpha value is -5.81. The first-order valence-corrected chi connectivity index (χ1v) is 14.0. The largest absolute Gasteiger partial charge is 0.452 e. The van der Waals surface area contributed by atoms with E-state index in [4.69, 9.17) is 19.4 Å². The molecule has 0 saturated carbocycles. The Bertz CT molecular complexity index is 2410. The maximum atomic E-state index is 6.49. The third kappa shape index (κ3) is 3.40. The molecule has 0 radical (unpaired) electrons. The van der Waals surface area contributed by atoms with Crippen molar-refractivity contribution in [1.29, 1.82) is 0 Å². The van der Waals surface area contributed by atoms with E-state index in [-0.39, 0.29) is 0 Å². The molecular formula is C37H22N4O. The van der Waals surface area contributed by atoms with E-state index in [1.165, 1.54) is 0 Å². The molecule has 7 aromatic rings. The zero-order valence-corrected chi connectivity index (χ0v) is 22.4. The van der Waals surface area contributed by atoms with E-state index in [1.807, 2.05) is 60.7 Å². The SMILES string of the molecule is c1ccc(-c2nc(-c3ccccc3)c3oc4ccc(-n5c6nc7ccccc7c-6cc6ccccc65)cc4c3n2)cc1. The Balaban J connectivity index is 1.36. The van der Waals surface area contributed by atoms with E-state index < -0.39 is 0 Å². The molecule has 2 aromatic heterocycles. The molecule has 0 N–H and O–H groups in total. The molecule has 5 nitrogen and oxygen atoms in total. The molecule has 0 saturated heterocycles. The number of hydrogen-bond acceptors (Lipinski definition) is 4. The van der Waals surface area contributed by atoms with Crippen LogP contribution in [0, 0.1) is 0 Å². The van der Waals surface area contributed by atoms with Gasteiger partial charge in [-0.3, -0.25) is 4.57 Å². The van der Waals surface area contributed by atoms with Gasteiger partial charge in [-0.25, -0.2) is 15.0 Å². The second-order valence-electron chi connectivity index (χ2n) is 10.5. The third-order valence-electron chi connectivity index (χ3n) is 7.98. The Labute approximate surface area is 240 Å². The molecule has 5 heteroatoms. The Morgan fingerprint density at radius 2 is 1.31 bits per heavy atom. The van der Waals surface area contributed by atoms with Gasteiger partial charge in [-0.2, -0.15) is 0 Å². The normalized spacial score (nSPS) is 11.8. The predicted molar refractivity (Wildman–Crippen MR) is 169 cm³/mol. The molecule has 9 rings (SSSR count). The number of fused-ring (bicyclic) bond motifs is 7. The van der Waals surface area contributed by atoms with Crippen molar-refractivity contribution in [2.45, 2.75) is 0 Å². The molecule has 0 aliphatic carbocycles. The van der Waals surface area contributed by atoms with E-state index in [0.717, 1.165) is 72.2 Å². The second-order valence-corrected chi connectivity index (χ2v) is 10.5. The number of rotatable bonds is 3. The van der Waals surface area contributed by atoms with Crippen molar-refractivity contribution in [1.82, 2.24) is 19.5 Å². The van der Waals surface area contributed by atoms with Crippen LogP contribution in [0.3, 0.4) is 0 Å². The molecule has 0 fully saturated rings. The minimum atomic E-state index is 0.666. The first-order valence-electron chi connectivity index (χ1n) is 14.0. The van der Waals surface area contributed by atoms with Crippen molar-refractivity contribution in [3.05, 3.63) is 133 Å². The lowest BCUT2D eigenvalue weighted by Crippen LogP contribution is -2.03. The summed E-state index contributed by atoms with van der Waals surface area (Å²) in [6, 6.07) is 45.6. The minimum absolute atomic E-state index is 0.666. The van der Waals surface area contributed by atoms with E-state index >= 15 is 0 Å². The van der Waals surface area contributed by atoms with Gasteiger partial charge >= 0.3 is 0 Å². The quantitative estimate of drug-likeness (QED) is 0.225. The average molecular weight is 539 g/mol. The van der Waals surface area contributed by atoms with Crippen molar-refractivity contribution >= 4 is 43.9 Å². The van der Waals surface area contributed by atoms with Crippen LogP contribution in [-0.2, 0) is 0 Å². The van der Waals surface area contributed by atoms with E-state index in [0.29, 0.717) is 11.4 Å². The Morgan fingerprint density at radius 3 is 2.17 bits per heavy atom. The monoisotopic (exact) mass is 538 g/mol. The highest BCUT2D eigenvalue weighted by atomic mass is 16.3. The lowest BCUT2D eigenvalue weighted by Gasteiger charge is -2.16. The van der Waals surface area contributed by atoms with Crippen LogP contribution in [0.2, 0.25) is 0 Å². The van der Waals surface area contributed by atoms with Crippen molar-refractivity contribution in [3.63, 3.8) is 0 Å². The van der Waals surface area contributed by atoms with Gasteiger partial charge in [0, 0.05) is 33.2 Å². The second kappa shape index (κ2) is 8.85. The highest BCUT2D eigenvalue weighted by molar-refractivity contribution is 6.08. The van der Waals surface area contributed by atoms with Crippen molar-refractivity contribution < 1.29 is 4.42 Å². The summed E-state index contributed by atoms with van der Waals surface area (Å²) in [5, 5.41) is 3.24. The van der Waals surface area contributed by atoms with Gasteiger partial charge in [-0.05, 0) is 41.8 Å². The fourth-order valence-electron chi connectivity index (χ4n) is 6.03. The molecular weight excluding hydrogens is 516 g/mol. The summed E-state index contributed by atoms with van der Waals surface area (Å²) < 4.78 is 8.74. The molecule has 4 heterocycles. The molecule has 196 valence electrons. The minimum Gasteiger partial charge on any atom is -0.452 e. The number of para-hydroxylation sites is 2. The molecule has 5 aromatic carbocycles. The van der Waals surface area contributed by atoms with Gasteiger partial charge in [0.25, 0.3) is 0 Å². The van der Waals surface area contributed by atoms with Gasteiger partial charge in [0.2, 0.25) is 0 Å². The zero-order valence-electron chi connectivity index (χ0n) is 22.4. The predicted octanol–water partition coefficient (Wildman–Crippen LogP) is 9.31. The first-order chi connectivity index (χ1) is 20.8. The number of hydrogen-bond donors (Lipinski definition) is 0. The highest BCUT2D eigenvalue weighted by Gasteiger charge is 2.22. The van der Waals surface area contributed by atoms with Gasteiger partial charge < -0.3 is 4.42 Å². The maximum absolute atomic E-state index is 6.49. The number of pyridine rings is 1. The molecule has 2 aliphatic heterocycles. The number of benzene rings is 5. The summed E-state index contributed by atoms with van der Waals surface area (Å²) in [5.74, 6) is 1.59. The first kappa shape index (κ1) is 22.9. The van der Waals surface area contributed by atoms with Crippen LogP contribution in [0.1, 0.15) is 0 Å². The molecule has 2 aliphatic rings. The van der Waals surface area contributed by atoms with Gasteiger partial charge in [-0.15, -0.1) is 0 Å². The topological polar surface area (TPSA) is 56.7 Å². The summed E-state index contributed by atoms with van der Waals surface area (Å²) >= 11 is 0. The third-order valence-corrected chi connectivity index (χ3v) is 7.98. The zero-order chi connectivity index (χ0) is 27.6. The van der Waals surface area contributed by atoms with E-state index in [2.05, 4.69) is 77.4 Å². The van der Waals surface area contributed by atoms with Crippen LogP contribution < -0.4 is 0 Å². The standard InChI is InChI=1S/C37H22N4O/c1-3-11-23(12-4-1)33-35-34(40-36(39-33)24-13-5-2-6-14-24)29-22-26(19-20-32(29)42-35)41-31-18-10-7-15-25(31)21-28-27-16-8-9-17-30(27)38-37(28)41/h1-22H. The van der Waals surface area contributed by atoms with Crippen molar-refractivity contribution in [2.24, 2.45) is 0 Å². The summed E-state index contributed by atoms with van der Waals surface area (Å²) in [5.41, 5.74) is 9.15. The summed E-state index contributed by atoms with van der Waals surface area (Å²) in [6.07, 6.45) is 0. The van der Waals surface area contributed by atoms with Crippen molar-refractivity contribution in [2.75, 3.05) is 0 Å². The van der Waals surface area contributed by atoms with Gasteiger partial charge in [-0.1, -0.05) is 97.1 Å². The van der Waals surface area contributed by atoms with E-state index in [1.54, 1.807) is 0 Å². The fraction of sp³-hybridized carbons (Fsp3) is 0. The number of aromatic nitrogens is 4. The Kier molecular flexibility index (Phi) is 4.83. The smallest absolute Gasteiger partial charge is 0.180 e. The van der Waals surface area contributed by atoms with Crippen LogP contribution in [0.15, 0.2) is 138 Å². The van der Waals surface area contributed by atoms with Gasteiger partial charge in [0.1, 0.15) is 22.6 Å². The lowest BCUT2D eigenvalue weighted by atomic mass is 10.1. The van der Waals surface area contributed by atoms with Crippen LogP contribution in [0.5, 0.6) is 0 Å². The molecule has 42 heavy (non-hydrogen) atoms. The lowest BCUT2D eigenvalue weighted by molar-refractivity contribution is 0.667. The number of nitrogens with zero attached hydrogens (tertiary/aromatic N) is 4. The summed E-state index contributed by atoms with van der Waals surface area (Å²) in [6.45, 7) is 0. The molecule has 0 spiro atoms. The highest BCUT2D eigenvalue weighted by Crippen LogP contribution is 2.40. The van der Waals surface area contributed by atoms with Crippen LogP contribution in [0.4, 0.5) is 0 Å². The van der Waals surface area contributed by atoms with Crippen LogP contribution >= 0.6 is 0 Å². The molecule has 0 bridgehead atoms. The number of furan rings is 1. The van der Waals surface area contributed by atoms with Gasteiger partial charge in [0.15, 0.2) is 11.4 Å². The molecule has 0 unspecified atom stereocenters. The maximum Gasteiger partial charge on any atom is 0.180 e. The fourth-order valence-corrected chi connectivity index (χ4v) is 6.03. The Morgan fingerprint density at radius 1 is 0.571 bits per heavy atom. The molecule has 0 atom stereocenters. The van der Waals surface area contributed by atoms with Crippen LogP contribution in [-0.4, -0.2) is 19.5 Å².